The highest BCUT2D eigenvalue weighted by Gasteiger charge is 2.12. The van der Waals surface area contributed by atoms with Crippen LogP contribution >= 0.6 is 0 Å². The second kappa shape index (κ2) is 8.79. The lowest BCUT2D eigenvalue weighted by Crippen LogP contribution is -2.32. The Morgan fingerprint density at radius 1 is 1.00 bits per heavy atom. The molecule has 7 nitrogen and oxygen atoms in total. The number of ether oxygens (including phenoxy) is 3. The van der Waals surface area contributed by atoms with Crippen molar-refractivity contribution in [2.24, 2.45) is 0 Å². The summed E-state index contributed by atoms with van der Waals surface area (Å²) in [5.74, 6) is 1.80. The van der Waals surface area contributed by atoms with E-state index in [-0.39, 0.29) is 6.54 Å². The van der Waals surface area contributed by atoms with E-state index in [1.54, 1.807) is 49.6 Å². The molecule has 0 aliphatic carbocycles. The van der Waals surface area contributed by atoms with Crippen LogP contribution in [-0.2, 0) is 0 Å². The van der Waals surface area contributed by atoms with Gasteiger partial charge in [0, 0.05) is 12.6 Å². The fourth-order valence-corrected chi connectivity index (χ4v) is 2.21. The SMILES string of the molecule is COc1ccc([C@@H](O)CNC(=O)Nc2cc(OC)ccc2OC)cc1. The molecule has 0 aliphatic heterocycles. The summed E-state index contributed by atoms with van der Waals surface area (Å²) in [6.07, 6.45) is -0.830. The number of rotatable bonds is 7. The third-order valence-corrected chi connectivity index (χ3v) is 3.61. The van der Waals surface area contributed by atoms with Crippen LogP contribution in [0.1, 0.15) is 11.7 Å². The summed E-state index contributed by atoms with van der Waals surface area (Å²) in [6, 6.07) is 11.6. The first kappa shape index (κ1) is 18.4. The second-order valence-corrected chi connectivity index (χ2v) is 5.19. The van der Waals surface area contributed by atoms with Crippen LogP contribution in [0.25, 0.3) is 0 Å². The number of carbonyl (C=O) groups is 1. The summed E-state index contributed by atoms with van der Waals surface area (Å²) in [7, 11) is 4.62. The summed E-state index contributed by atoms with van der Waals surface area (Å²) in [5, 5.41) is 15.4. The molecule has 134 valence electrons. The fourth-order valence-electron chi connectivity index (χ4n) is 2.21. The van der Waals surface area contributed by atoms with Crippen LogP contribution in [0.3, 0.4) is 0 Å². The number of anilines is 1. The molecule has 25 heavy (non-hydrogen) atoms. The van der Waals surface area contributed by atoms with Gasteiger partial charge in [-0.3, -0.25) is 0 Å². The Morgan fingerprint density at radius 2 is 1.64 bits per heavy atom. The van der Waals surface area contributed by atoms with E-state index >= 15 is 0 Å². The molecule has 0 saturated heterocycles. The molecule has 3 N–H and O–H groups in total. The van der Waals surface area contributed by atoms with Crippen molar-refractivity contribution in [2.45, 2.75) is 6.10 Å². The summed E-state index contributed by atoms with van der Waals surface area (Å²) >= 11 is 0. The van der Waals surface area contributed by atoms with E-state index in [0.717, 1.165) is 0 Å². The van der Waals surface area contributed by atoms with Gasteiger partial charge in [-0.25, -0.2) is 4.79 Å². The summed E-state index contributed by atoms with van der Waals surface area (Å²) in [6.45, 7) is 0.0600. The number of aliphatic hydroxyl groups is 1. The number of urea groups is 1. The van der Waals surface area contributed by atoms with E-state index in [0.29, 0.717) is 28.5 Å². The van der Waals surface area contributed by atoms with Crippen LogP contribution in [0, 0.1) is 0 Å². The van der Waals surface area contributed by atoms with E-state index in [9.17, 15) is 9.90 Å². The van der Waals surface area contributed by atoms with Crippen molar-refractivity contribution in [3.63, 3.8) is 0 Å². The molecule has 0 aromatic heterocycles. The number of benzene rings is 2. The molecule has 0 heterocycles. The van der Waals surface area contributed by atoms with Gasteiger partial charge in [-0.15, -0.1) is 0 Å². The number of hydrogen-bond donors (Lipinski definition) is 3. The Bertz CT molecular complexity index is 703. The predicted molar refractivity (Wildman–Crippen MR) is 94.5 cm³/mol. The Morgan fingerprint density at radius 3 is 2.24 bits per heavy atom. The molecular weight excluding hydrogens is 324 g/mol. The molecule has 7 heteroatoms. The minimum atomic E-state index is -0.830. The number of nitrogens with one attached hydrogen (secondary N) is 2. The van der Waals surface area contributed by atoms with E-state index in [1.807, 2.05) is 0 Å². The molecule has 0 bridgehead atoms. The largest absolute Gasteiger partial charge is 0.497 e. The van der Waals surface area contributed by atoms with Crippen LogP contribution in [0.15, 0.2) is 42.5 Å². The standard InChI is InChI=1S/C18H22N2O5/c1-23-13-6-4-12(5-7-13)16(21)11-19-18(22)20-15-10-14(24-2)8-9-17(15)25-3/h4-10,16,21H,11H2,1-3H3,(H2,19,20,22)/t16-/m0/s1. The number of methoxy groups -OCH3 is 3. The zero-order valence-electron chi connectivity index (χ0n) is 14.4. The molecule has 2 amide bonds. The molecule has 0 spiro atoms. The first-order chi connectivity index (χ1) is 12.1. The van der Waals surface area contributed by atoms with Crippen molar-refractivity contribution in [2.75, 3.05) is 33.2 Å². The van der Waals surface area contributed by atoms with Crippen molar-refractivity contribution < 1.29 is 24.1 Å². The number of hydrogen-bond acceptors (Lipinski definition) is 5. The molecule has 0 saturated carbocycles. The zero-order valence-corrected chi connectivity index (χ0v) is 14.4. The van der Waals surface area contributed by atoms with Gasteiger partial charge < -0.3 is 30.0 Å². The van der Waals surface area contributed by atoms with Gasteiger partial charge >= 0.3 is 6.03 Å². The Hall–Kier alpha value is -2.93. The molecule has 2 aromatic carbocycles. The van der Waals surface area contributed by atoms with E-state index in [2.05, 4.69) is 10.6 Å². The maximum Gasteiger partial charge on any atom is 0.319 e. The molecule has 0 unspecified atom stereocenters. The van der Waals surface area contributed by atoms with Gasteiger partial charge in [0.1, 0.15) is 17.2 Å². The van der Waals surface area contributed by atoms with Crippen LogP contribution < -0.4 is 24.8 Å². The molecule has 2 aromatic rings. The van der Waals surface area contributed by atoms with Crippen LogP contribution in [0.4, 0.5) is 10.5 Å². The zero-order chi connectivity index (χ0) is 18.2. The predicted octanol–water partition coefficient (Wildman–Crippen LogP) is 2.57. The summed E-state index contributed by atoms with van der Waals surface area (Å²) < 4.78 is 15.4. The average Bonchev–Trinajstić information content (AvgIpc) is 2.66. The lowest BCUT2D eigenvalue weighted by molar-refractivity contribution is 0.175. The normalized spacial score (nSPS) is 11.4. The Labute approximate surface area is 146 Å². The van der Waals surface area contributed by atoms with Gasteiger partial charge in [0.25, 0.3) is 0 Å². The van der Waals surface area contributed by atoms with Crippen LogP contribution in [-0.4, -0.2) is 39.0 Å². The second-order valence-electron chi connectivity index (χ2n) is 5.19. The highest BCUT2D eigenvalue weighted by molar-refractivity contribution is 5.91. The number of amides is 2. The third kappa shape index (κ3) is 5.02. The van der Waals surface area contributed by atoms with Gasteiger partial charge in [0.2, 0.25) is 0 Å². The highest BCUT2D eigenvalue weighted by atomic mass is 16.5. The molecule has 1 atom stereocenters. The maximum atomic E-state index is 12.1. The Kier molecular flexibility index (Phi) is 6.47. The van der Waals surface area contributed by atoms with Crippen LogP contribution in [0.5, 0.6) is 17.2 Å². The quantitative estimate of drug-likeness (QED) is 0.717. The fraction of sp³-hybridized carbons (Fsp3) is 0.278. The minimum Gasteiger partial charge on any atom is -0.497 e. The molecule has 2 rings (SSSR count). The lowest BCUT2D eigenvalue weighted by Gasteiger charge is -2.15. The minimum absolute atomic E-state index is 0.0600. The molecule has 0 radical (unpaired) electrons. The van der Waals surface area contributed by atoms with E-state index < -0.39 is 12.1 Å². The van der Waals surface area contributed by atoms with Crippen molar-refractivity contribution in [1.29, 1.82) is 0 Å². The molecule has 0 aliphatic rings. The van der Waals surface area contributed by atoms with Crippen molar-refractivity contribution >= 4 is 11.7 Å². The summed E-state index contributed by atoms with van der Waals surface area (Å²) in [4.78, 5) is 12.1. The third-order valence-electron chi connectivity index (χ3n) is 3.61. The average molecular weight is 346 g/mol. The highest BCUT2D eigenvalue weighted by Crippen LogP contribution is 2.28. The van der Waals surface area contributed by atoms with Gasteiger partial charge in [-0.05, 0) is 29.8 Å². The van der Waals surface area contributed by atoms with Crippen molar-refractivity contribution in [3.05, 3.63) is 48.0 Å². The first-order valence-corrected chi connectivity index (χ1v) is 7.66. The summed E-state index contributed by atoms with van der Waals surface area (Å²) in [5.41, 5.74) is 1.15. The maximum absolute atomic E-state index is 12.1. The lowest BCUT2D eigenvalue weighted by atomic mass is 10.1. The van der Waals surface area contributed by atoms with Crippen molar-refractivity contribution in [3.8, 4) is 17.2 Å². The molecular formula is C18H22N2O5. The van der Waals surface area contributed by atoms with Crippen LogP contribution in [0.2, 0.25) is 0 Å². The van der Waals surface area contributed by atoms with Gasteiger partial charge in [-0.2, -0.15) is 0 Å². The van der Waals surface area contributed by atoms with Gasteiger partial charge in [0.05, 0.1) is 33.1 Å². The number of carbonyl (C=O) groups excluding carboxylic acids is 1. The molecule has 0 fully saturated rings. The van der Waals surface area contributed by atoms with Gasteiger partial charge in [0.15, 0.2) is 0 Å². The Balaban J connectivity index is 1.93. The monoisotopic (exact) mass is 346 g/mol. The number of aliphatic hydroxyl groups excluding tert-OH is 1. The van der Waals surface area contributed by atoms with E-state index in [1.165, 1.54) is 14.2 Å². The van der Waals surface area contributed by atoms with Crippen molar-refractivity contribution in [1.82, 2.24) is 5.32 Å². The van der Waals surface area contributed by atoms with E-state index in [4.69, 9.17) is 14.2 Å². The first-order valence-electron chi connectivity index (χ1n) is 7.66. The topological polar surface area (TPSA) is 89.1 Å². The van der Waals surface area contributed by atoms with Gasteiger partial charge in [-0.1, -0.05) is 12.1 Å². The smallest absolute Gasteiger partial charge is 0.319 e.